The number of ketones is 1. The van der Waals surface area contributed by atoms with Crippen molar-refractivity contribution in [3.05, 3.63) is 29.8 Å². The molecule has 1 atom stereocenters. The molecule has 1 aliphatic rings. The third-order valence-corrected chi connectivity index (χ3v) is 5.17. The predicted octanol–water partition coefficient (Wildman–Crippen LogP) is 1.56. The molecule has 1 saturated heterocycles. The first-order valence-corrected chi connectivity index (χ1v) is 8.85. The highest BCUT2D eigenvalue weighted by atomic mass is 32.2. The van der Waals surface area contributed by atoms with E-state index in [-0.39, 0.29) is 10.7 Å². The highest BCUT2D eigenvalue weighted by Crippen LogP contribution is 2.14. The van der Waals surface area contributed by atoms with Crippen LogP contribution in [-0.4, -0.2) is 33.8 Å². The van der Waals surface area contributed by atoms with E-state index in [1.54, 1.807) is 19.1 Å². The molecule has 0 aromatic heterocycles. The summed E-state index contributed by atoms with van der Waals surface area (Å²) >= 11 is 0. The van der Waals surface area contributed by atoms with Crippen LogP contribution in [0.5, 0.6) is 0 Å². The van der Waals surface area contributed by atoms with Gasteiger partial charge in [0.15, 0.2) is 5.78 Å². The van der Waals surface area contributed by atoms with Gasteiger partial charge in [0.2, 0.25) is 10.0 Å². The first kappa shape index (κ1) is 16.1. The van der Waals surface area contributed by atoms with Crippen molar-refractivity contribution in [2.24, 2.45) is 5.92 Å². The van der Waals surface area contributed by atoms with E-state index in [1.165, 1.54) is 12.1 Å². The van der Waals surface area contributed by atoms with Gasteiger partial charge in [-0.05, 0) is 44.0 Å². The second-order valence-electron chi connectivity index (χ2n) is 5.37. The summed E-state index contributed by atoms with van der Waals surface area (Å²) in [5.41, 5.74) is 0.444. The number of Topliss-reactive ketones (excluding diaryl/α,β-unsaturated/α-hetero) is 1. The highest BCUT2D eigenvalue weighted by molar-refractivity contribution is 7.89. The van der Waals surface area contributed by atoms with Gasteiger partial charge in [-0.25, -0.2) is 13.1 Å². The highest BCUT2D eigenvalue weighted by Gasteiger charge is 2.19. The van der Waals surface area contributed by atoms with Gasteiger partial charge in [-0.3, -0.25) is 4.79 Å². The molecule has 1 fully saturated rings. The average Bonchev–Trinajstić information content (AvgIpc) is 2.53. The third kappa shape index (κ3) is 4.36. The number of sulfonamides is 1. The molecule has 116 valence electrons. The van der Waals surface area contributed by atoms with Crippen LogP contribution in [0.2, 0.25) is 0 Å². The average molecular weight is 310 g/mol. The normalized spacial score (nSPS) is 19.4. The summed E-state index contributed by atoms with van der Waals surface area (Å²) in [5, 5.41) is 3.26. The van der Waals surface area contributed by atoms with E-state index in [0.29, 0.717) is 24.4 Å². The van der Waals surface area contributed by atoms with E-state index in [4.69, 9.17) is 0 Å². The summed E-state index contributed by atoms with van der Waals surface area (Å²) in [6.07, 6.45) is 2.47. The Balaban J connectivity index is 2.06. The fourth-order valence-corrected chi connectivity index (χ4v) is 3.61. The first-order valence-electron chi connectivity index (χ1n) is 7.36. The molecule has 0 saturated carbocycles. The van der Waals surface area contributed by atoms with Crippen LogP contribution in [0, 0.1) is 5.92 Å². The molecular weight excluding hydrogens is 288 g/mol. The molecule has 1 unspecified atom stereocenters. The first-order chi connectivity index (χ1) is 10.0. The summed E-state index contributed by atoms with van der Waals surface area (Å²) in [7, 11) is -3.55. The SMILES string of the molecule is CCC(=O)c1cccc(S(=O)(=O)NCC2CCCNC2)c1. The summed E-state index contributed by atoms with van der Waals surface area (Å²) in [6.45, 7) is 4.04. The fourth-order valence-electron chi connectivity index (χ4n) is 2.45. The summed E-state index contributed by atoms with van der Waals surface area (Å²) in [5.74, 6) is 0.275. The van der Waals surface area contributed by atoms with Crippen LogP contribution >= 0.6 is 0 Å². The zero-order chi connectivity index (χ0) is 15.3. The Morgan fingerprint density at radius 1 is 1.43 bits per heavy atom. The molecular formula is C15H22N2O3S. The molecule has 0 spiro atoms. The van der Waals surface area contributed by atoms with Crippen molar-refractivity contribution in [2.45, 2.75) is 31.1 Å². The Hall–Kier alpha value is -1.24. The van der Waals surface area contributed by atoms with Crippen molar-refractivity contribution < 1.29 is 13.2 Å². The molecule has 0 bridgehead atoms. The van der Waals surface area contributed by atoms with Gasteiger partial charge in [0.05, 0.1) is 4.90 Å². The summed E-state index contributed by atoms with van der Waals surface area (Å²) in [4.78, 5) is 11.8. The number of nitrogens with one attached hydrogen (secondary N) is 2. The van der Waals surface area contributed by atoms with Crippen molar-refractivity contribution in [3.63, 3.8) is 0 Å². The minimum Gasteiger partial charge on any atom is -0.316 e. The second-order valence-corrected chi connectivity index (χ2v) is 7.14. The predicted molar refractivity (Wildman–Crippen MR) is 81.8 cm³/mol. The molecule has 0 radical (unpaired) electrons. The van der Waals surface area contributed by atoms with E-state index >= 15 is 0 Å². The summed E-state index contributed by atoms with van der Waals surface area (Å²) < 4.78 is 27.2. The van der Waals surface area contributed by atoms with Gasteiger partial charge in [0, 0.05) is 18.5 Å². The number of hydrogen-bond donors (Lipinski definition) is 2. The number of rotatable bonds is 6. The van der Waals surface area contributed by atoms with Crippen molar-refractivity contribution >= 4 is 15.8 Å². The molecule has 1 heterocycles. The number of benzene rings is 1. The smallest absolute Gasteiger partial charge is 0.240 e. The van der Waals surface area contributed by atoms with Crippen molar-refractivity contribution in [2.75, 3.05) is 19.6 Å². The maximum Gasteiger partial charge on any atom is 0.240 e. The molecule has 5 nitrogen and oxygen atoms in total. The largest absolute Gasteiger partial charge is 0.316 e. The minimum absolute atomic E-state index is 0.0523. The molecule has 0 aliphatic carbocycles. The molecule has 0 amide bonds. The van der Waals surface area contributed by atoms with Crippen LogP contribution in [0.1, 0.15) is 36.5 Å². The van der Waals surface area contributed by atoms with E-state index in [9.17, 15) is 13.2 Å². The Morgan fingerprint density at radius 3 is 2.90 bits per heavy atom. The maximum atomic E-state index is 12.3. The molecule has 1 aromatic carbocycles. The van der Waals surface area contributed by atoms with Crippen LogP contribution in [0.15, 0.2) is 29.2 Å². The van der Waals surface area contributed by atoms with E-state index in [1.807, 2.05) is 0 Å². The zero-order valence-corrected chi connectivity index (χ0v) is 13.1. The van der Waals surface area contributed by atoms with E-state index in [2.05, 4.69) is 10.0 Å². The number of piperidine rings is 1. The van der Waals surface area contributed by atoms with Gasteiger partial charge in [-0.15, -0.1) is 0 Å². The maximum absolute atomic E-state index is 12.3. The number of carbonyl (C=O) groups excluding carboxylic acids is 1. The topological polar surface area (TPSA) is 75.3 Å². The van der Waals surface area contributed by atoms with Gasteiger partial charge in [-0.1, -0.05) is 19.1 Å². The van der Waals surface area contributed by atoms with Crippen LogP contribution < -0.4 is 10.0 Å². The number of hydrogen-bond acceptors (Lipinski definition) is 4. The Labute approximate surface area is 126 Å². The quantitative estimate of drug-likeness (QED) is 0.782. The molecule has 1 aliphatic heterocycles. The molecule has 2 rings (SSSR count). The van der Waals surface area contributed by atoms with E-state index < -0.39 is 10.0 Å². The monoisotopic (exact) mass is 310 g/mol. The van der Waals surface area contributed by atoms with Gasteiger partial charge in [-0.2, -0.15) is 0 Å². The zero-order valence-electron chi connectivity index (χ0n) is 12.3. The van der Waals surface area contributed by atoms with Gasteiger partial charge in [0.1, 0.15) is 0 Å². The molecule has 21 heavy (non-hydrogen) atoms. The lowest BCUT2D eigenvalue weighted by Crippen LogP contribution is -2.38. The Morgan fingerprint density at radius 2 is 2.24 bits per heavy atom. The van der Waals surface area contributed by atoms with Gasteiger partial charge >= 0.3 is 0 Å². The lowest BCUT2D eigenvalue weighted by molar-refractivity contribution is 0.0988. The molecule has 2 N–H and O–H groups in total. The number of carbonyl (C=O) groups is 1. The second kappa shape index (κ2) is 7.15. The van der Waals surface area contributed by atoms with Gasteiger partial charge in [0.25, 0.3) is 0 Å². The summed E-state index contributed by atoms with van der Waals surface area (Å²) in [6, 6.07) is 6.23. The van der Waals surface area contributed by atoms with E-state index in [0.717, 1.165) is 25.9 Å². The Bertz CT molecular complexity index is 593. The van der Waals surface area contributed by atoms with Crippen LogP contribution in [-0.2, 0) is 10.0 Å². The van der Waals surface area contributed by atoms with Gasteiger partial charge < -0.3 is 5.32 Å². The fraction of sp³-hybridized carbons (Fsp3) is 0.533. The third-order valence-electron chi connectivity index (χ3n) is 3.75. The molecule has 6 heteroatoms. The van der Waals surface area contributed by atoms with Crippen LogP contribution in [0.4, 0.5) is 0 Å². The van der Waals surface area contributed by atoms with Crippen molar-refractivity contribution in [1.29, 1.82) is 0 Å². The Kier molecular flexibility index (Phi) is 5.50. The van der Waals surface area contributed by atoms with Crippen LogP contribution in [0.25, 0.3) is 0 Å². The van der Waals surface area contributed by atoms with Crippen LogP contribution in [0.3, 0.4) is 0 Å². The van der Waals surface area contributed by atoms with Crippen molar-refractivity contribution in [3.8, 4) is 0 Å². The minimum atomic E-state index is -3.55. The standard InChI is InChI=1S/C15H22N2O3S/c1-2-15(18)13-6-3-7-14(9-13)21(19,20)17-11-12-5-4-8-16-10-12/h3,6-7,9,12,16-17H,2,4-5,8,10-11H2,1H3. The van der Waals surface area contributed by atoms with Crippen molar-refractivity contribution in [1.82, 2.24) is 10.0 Å². The molecule has 1 aromatic rings. The lowest BCUT2D eigenvalue weighted by Gasteiger charge is -2.22. The lowest BCUT2D eigenvalue weighted by atomic mass is 10.0.